The number of hydrogen-bond donors (Lipinski definition) is 0. The van der Waals surface area contributed by atoms with E-state index in [4.69, 9.17) is 0 Å². The van der Waals surface area contributed by atoms with Gasteiger partial charge in [-0.1, -0.05) is 0 Å². The summed E-state index contributed by atoms with van der Waals surface area (Å²) in [7, 11) is 3.89. The van der Waals surface area contributed by atoms with E-state index in [-0.39, 0.29) is 5.41 Å². The number of rotatable bonds is 5. The van der Waals surface area contributed by atoms with E-state index in [0.717, 1.165) is 69.4 Å². The molecule has 1 unspecified atom stereocenters. The maximum absolute atomic E-state index is 13.1. The molecule has 0 radical (unpaired) electrons. The van der Waals surface area contributed by atoms with Gasteiger partial charge in [-0.3, -0.25) is 9.69 Å². The predicted octanol–water partition coefficient (Wildman–Crippen LogP) is 1.77. The van der Waals surface area contributed by atoms with Gasteiger partial charge < -0.3 is 9.80 Å². The van der Waals surface area contributed by atoms with Crippen molar-refractivity contribution >= 4 is 11.9 Å². The second-order valence-electron chi connectivity index (χ2n) is 8.32. The lowest BCUT2D eigenvalue weighted by Crippen LogP contribution is -2.50. The Balaban J connectivity index is 1.38. The average Bonchev–Trinajstić information content (AvgIpc) is 3.33. The average molecular weight is 343 g/mol. The zero-order valence-electron chi connectivity index (χ0n) is 15.4. The van der Waals surface area contributed by atoms with E-state index in [2.05, 4.69) is 19.8 Å². The Morgan fingerprint density at radius 1 is 1.20 bits per heavy atom. The normalized spacial score (nSPS) is 27.3. The molecule has 0 aromatic carbocycles. The minimum absolute atomic E-state index is 0.127. The molecule has 6 heteroatoms. The van der Waals surface area contributed by atoms with Gasteiger partial charge in [0.05, 0.1) is 5.41 Å². The van der Waals surface area contributed by atoms with Crippen LogP contribution in [0.2, 0.25) is 0 Å². The Labute approximate surface area is 150 Å². The van der Waals surface area contributed by atoms with Crippen molar-refractivity contribution in [3.8, 4) is 0 Å². The number of amides is 1. The van der Waals surface area contributed by atoms with Crippen molar-refractivity contribution in [3.05, 3.63) is 18.0 Å². The molecule has 3 fully saturated rings. The van der Waals surface area contributed by atoms with Crippen LogP contribution in [0.4, 0.5) is 5.95 Å². The van der Waals surface area contributed by atoms with Gasteiger partial charge in [-0.25, -0.2) is 9.97 Å². The molecule has 1 amide bonds. The van der Waals surface area contributed by atoms with Gasteiger partial charge in [0.15, 0.2) is 0 Å². The van der Waals surface area contributed by atoms with E-state index in [9.17, 15) is 4.79 Å². The molecule has 1 aromatic heterocycles. The van der Waals surface area contributed by atoms with Gasteiger partial charge in [0.1, 0.15) is 0 Å². The lowest BCUT2D eigenvalue weighted by molar-refractivity contribution is -0.145. The predicted molar refractivity (Wildman–Crippen MR) is 97.2 cm³/mol. The quantitative estimate of drug-likeness (QED) is 0.815. The van der Waals surface area contributed by atoms with Crippen molar-refractivity contribution in [2.75, 3.05) is 45.2 Å². The number of nitrogens with zero attached hydrogens (tertiary/aromatic N) is 5. The highest BCUT2D eigenvalue weighted by Gasteiger charge is 2.48. The molecule has 1 saturated carbocycles. The van der Waals surface area contributed by atoms with Crippen molar-refractivity contribution in [3.63, 3.8) is 0 Å². The summed E-state index contributed by atoms with van der Waals surface area (Å²) in [6.07, 6.45) is 9.67. The van der Waals surface area contributed by atoms with Gasteiger partial charge in [-0.05, 0) is 44.6 Å². The first-order valence-corrected chi connectivity index (χ1v) is 9.56. The molecule has 3 aliphatic rings. The second kappa shape index (κ2) is 6.56. The summed E-state index contributed by atoms with van der Waals surface area (Å²) in [4.78, 5) is 28.4. The summed E-state index contributed by atoms with van der Waals surface area (Å²) in [5, 5.41) is 0. The lowest BCUT2D eigenvalue weighted by Gasteiger charge is -2.39. The molecule has 136 valence electrons. The topological polar surface area (TPSA) is 52.6 Å². The van der Waals surface area contributed by atoms with Crippen LogP contribution in [0.15, 0.2) is 12.4 Å². The van der Waals surface area contributed by atoms with Crippen LogP contribution in [0.25, 0.3) is 0 Å². The molecule has 25 heavy (non-hydrogen) atoms. The van der Waals surface area contributed by atoms with Crippen LogP contribution in [0.3, 0.4) is 0 Å². The first-order valence-electron chi connectivity index (χ1n) is 9.56. The minimum Gasteiger partial charge on any atom is -0.347 e. The van der Waals surface area contributed by atoms with Gasteiger partial charge in [0, 0.05) is 58.2 Å². The number of anilines is 1. The summed E-state index contributed by atoms with van der Waals surface area (Å²) in [5.41, 5.74) is 0.998. The number of aromatic nitrogens is 2. The summed E-state index contributed by atoms with van der Waals surface area (Å²) in [5.74, 6) is 1.94. The molecular formula is C19H29N5O. The highest BCUT2D eigenvalue weighted by molar-refractivity contribution is 5.84. The van der Waals surface area contributed by atoms with Crippen molar-refractivity contribution in [2.45, 2.75) is 38.6 Å². The fourth-order valence-corrected chi connectivity index (χ4v) is 4.33. The van der Waals surface area contributed by atoms with Crippen LogP contribution in [0, 0.1) is 11.3 Å². The van der Waals surface area contributed by atoms with Crippen LogP contribution in [-0.4, -0.2) is 65.9 Å². The number of likely N-dealkylation sites (tertiary alicyclic amines) is 2. The first-order chi connectivity index (χ1) is 12.1. The van der Waals surface area contributed by atoms with Crippen LogP contribution < -0.4 is 4.90 Å². The van der Waals surface area contributed by atoms with Gasteiger partial charge in [0.2, 0.25) is 11.9 Å². The minimum atomic E-state index is -0.127. The molecular weight excluding hydrogens is 314 g/mol. The van der Waals surface area contributed by atoms with Crippen LogP contribution in [0.1, 0.15) is 37.7 Å². The number of carbonyl (C=O) groups is 1. The van der Waals surface area contributed by atoms with Crippen LogP contribution in [-0.2, 0) is 11.3 Å². The van der Waals surface area contributed by atoms with Crippen LogP contribution in [0.5, 0.6) is 0 Å². The molecule has 0 bridgehead atoms. The molecule has 2 aliphatic heterocycles. The molecule has 2 saturated heterocycles. The summed E-state index contributed by atoms with van der Waals surface area (Å²) in [6.45, 7) is 4.70. The summed E-state index contributed by atoms with van der Waals surface area (Å²) >= 11 is 0. The fourth-order valence-electron chi connectivity index (χ4n) is 4.33. The zero-order chi connectivity index (χ0) is 17.4. The maximum Gasteiger partial charge on any atom is 0.230 e. The molecule has 3 heterocycles. The van der Waals surface area contributed by atoms with E-state index < -0.39 is 0 Å². The zero-order valence-corrected chi connectivity index (χ0v) is 15.4. The van der Waals surface area contributed by atoms with E-state index in [1.54, 1.807) is 0 Å². The molecule has 1 aliphatic carbocycles. The van der Waals surface area contributed by atoms with E-state index in [0.29, 0.717) is 5.91 Å². The van der Waals surface area contributed by atoms with E-state index in [1.165, 1.54) is 12.8 Å². The third-order valence-electron chi connectivity index (χ3n) is 5.93. The van der Waals surface area contributed by atoms with Crippen molar-refractivity contribution in [1.82, 2.24) is 19.8 Å². The SMILES string of the molecule is CN(C)c1ncc(CN2CCC3(CCCN(CC4CC4)C3=O)C2)cn1. The summed E-state index contributed by atoms with van der Waals surface area (Å²) < 4.78 is 0. The largest absolute Gasteiger partial charge is 0.347 e. The monoisotopic (exact) mass is 343 g/mol. The van der Waals surface area contributed by atoms with Crippen molar-refractivity contribution in [2.24, 2.45) is 11.3 Å². The number of piperidine rings is 1. The van der Waals surface area contributed by atoms with Crippen molar-refractivity contribution in [1.29, 1.82) is 0 Å². The van der Waals surface area contributed by atoms with Crippen LogP contribution >= 0.6 is 0 Å². The van der Waals surface area contributed by atoms with Gasteiger partial charge >= 0.3 is 0 Å². The highest BCUT2D eigenvalue weighted by atomic mass is 16.2. The second-order valence-corrected chi connectivity index (χ2v) is 8.32. The van der Waals surface area contributed by atoms with E-state index in [1.807, 2.05) is 31.4 Å². The lowest BCUT2D eigenvalue weighted by atomic mass is 9.78. The van der Waals surface area contributed by atoms with E-state index >= 15 is 0 Å². The fraction of sp³-hybridized carbons (Fsp3) is 0.737. The standard InChI is InChI=1S/C19H29N5O/c1-22(2)18-20-10-16(11-21-18)12-23-9-7-19(14-23)6-3-8-24(17(19)25)13-15-4-5-15/h10-11,15H,3-9,12-14H2,1-2H3. The third-order valence-corrected chi connectivity index (χ3v) is 5.93. The number of carbonyl (C=O) groups excluding carboxylic acids is 1. The molecule has 4 rings (SSSR count). The van der Waals surface area contributed by atoms with Gasteiger partial charge in [-0.2, -0.15) is 0 Å². The molecule has 0 N–H and O–H groups in total. The Hall–Kier alpha value is -1.69. The first kappa shape index (κ1) is 16.8. The smallest absolute Gasteiger partial charge is 0.230 e. The number of hydrogen-bond acceptors (Lipinski definition) is 5. The molecule has 1 aromatic rings. The Kier molecular flexibility index (Phi) is 4.40. The van der Waals surface area contributed by atoms with Gasteiger partial charge in [-0.15, -0.1) is 0 Å². The Morgan fingerprint density at radius 3 is 2.64 bits per heavy atom. The van der Waals surface area contributed by atoms with Crippen molar-refractivity contribution < 1.29 is 4.79 Å². The highest BCUT2D eigenvalue weighted by Crippen LogP contribution is 2.42. The maximum atomic E-state index is 13.1. The molecule has 1 spiro atoms. The molecule has 6 nitrogen and oxygen atoms in total. The Bertz CT molecular complexity index is 627. The summed E-state index contributed by atoms with van der Waals surface area (Å²) in [6, 6.07) is 0. The molecule has 1 atom stereocenters. The third kappa shape index (κ3) is 3.50. The van der Waals surface area contributed by atoms with Gasteiger partial charge in [0.25, 0.3) is 0 Å². The Morgan fingerprint density at radius 2 is 1.96 bits per heavy atom.